The standard InChI is InChI=1S/C26H37NO5Si/c1-25(2,3)32-24(30)27-20(17-18-23(28)29)19-31-33(26(4,5)6,21-13-9-7-10-14-21)22-15-11-8-12-16-22/h7-16,20H,17-19H2,1-6H3,(H,27,30)(H,28,29). The van der Waals surface area contributed by atoms with Crippen LogP contribution in [0.1, 0.15) is 54.4 Å². The molecule has 1 unspecified atom stereocenters. The highest BCUT2D eigenvalue weighted by molar-refractivity contribution is 6.99. The molecule has 180 valence electrons. The van der Waals surface area contributed by atoms with Crippen molar-refractivity contribution in [2.45, 2.75) is 71.1 Å². The molecule has 2 aromatic carbocycles. The molecule has 0 spiro atoms. The van der Waals surface area contributed by atoms with Gasteiger partial charge in [-0.05, 0) is 42.6 Å². The number of benzene rings is 2. The van der Waals surface area contributed by atoms with E-state index in [1.807, 2.05) is 36.4 Å². The van der Waals surface area contributed by atoms with Gasteiger partial charge in [-0.1, -0.05) is 81.4 Å². The van der Waals surface area contributed by atoms with Crippen molar-refractivity contribution >= 4 is 30.8 Å². The number of hydrogen-bond donors (Lipinski definition) is 2. The summed E-state index contributed by atoms with van der Waals surface area (Å²) in [6, 6.07) is 19.9. The lowest BCUT2D eigenvalue weighted by molar-refractivity contribution is -0.137. The lowest BCUT2D eigenvalue weighted by Gasteiger charge is -2.43. The predicted molar refractivity (Wildman–Crippen MR) is 134 cm³/mol. The van der Waals surface area contributed by atoms with Gasteiger partial charge in [-0.2, -0.15) is 0 Å². The summed E-state index contributed by atoms with van der Waals surface area (Å²) in [6.07, 6.45) is -0.416. The van der Waals surface area contributed by atoms with E-state index in [9.17, 15) is 14.7 Å². The summed E-state index contributed by atoms with van der Waals surface area (Å²) in [7, 11) is -2.81. The quantitative estimate of drug-likeness (QED) is 0.532. The molecular formula is C26H37NO5Si. The Hall–Kier alpha value is -2.64. The molecule has 1 atom stereocenters. The summed E-state index contributed by atoms with van der Waals surface area (Å²) in [6.45, 7) is 12.1. The molecule has 0 aliphatic heterocycles. The van der Waals surface area contributed by atoms with Crippen molar-refractivity contribution in [1.82, 2.24) is 5.32 Å². The number of carbonyl (C=O) groups is 2. The first-order valence-corrected chi connectivity index (χ1v) is 13.2. The molecule has 1 amide bonds. The number of nitrogens with one attached hydrogen (secondary N) is 1. The van der Waals surface area contributed by atoms with Crippen molar-refractivity contribution < 1.29 is 23.9 Å². The second-order valence-corrected chi connectivity index (χ2v) is 14.6. The van der Waals surface area contributed by atoms with Crippen LogP contribution in [-0.2, 0) is 14.0 Å². The van der Waals surface area contributed by atoms with Crippen molar-refractivity contribution in [2.75, 3.05) is 6.61 Å². The van der Waals surface area contributed by atoms with Crippen LogP contribution in [0, 0.1) is 0 Å². The Morgan fingerprint density at radius 3 is 1.79 bits per heavy atom. The highest BCUT2D eigenvalue weighted by Crippen LogP contribution is 2.36. The SMILES string of the molecule is CC(C)(C)OC(=O)NC(CCC(=O)O)CO[Si](c1ccccc1)(c1ccccc1)C(C)(C)C. The van der Waals surface area contributed by atoms with Gasteiger partial charge in [-0.3, -0.25) is 4.79 Å². The third-order valence-electron chi connectivity index (χ3n) is 5.35. The zero-order valence-corrected chi connectivity index (χ0v) is 21.6. The molecule has 2 rings (SSSR count). The fourth-order valence-electron chi connectivity index (χ4n) is 3.96. The molecule has 7 heteroatoms. The summed E-state index contributed by atoms with van der Waals surface area (Å²) in [5.41, 5.74) is -0.652. The first-order chi connectivity index (χ1) is 15.3. The second kappa shape index (κ2) is 11.0. The molecule has 0 saturated carbocycles. The van der Waals surface area contributed by atoms with Crippen LogP contribution in [0.5, 0.6) is 0 Å². The second-order valence-electron chi connectivity index (χ2n) is 10.2. The van der Waals surface area contributed by atoms with Gasteiger partial charge in [-0.15, -0.1) is 0 Å². The lowest BCUT2D eigenvalue weighted by Crippen LogP contribution is -2.67. The Bertz CT molecular complexity index is 864. The molecule has 0 radical (unpaired) electrons. The van der Waals surface area contributed by atoms with Crippen LogP contribution in [0.2, 0.25) is 5.04 Å². The molecule has 0 aliphatic carbocycles. The molecule has 33 heavy (non-hydrogen) atoms. The zero-order valence-electron chi connectivity index (χ0n) is 20.6. The molecule has 6 nitrogen and oxygen atoms in total. The van der Waals surface area contributed by atoms with E-state index in [0.29, 0.717) is 0 Å². The van der Waals surface area contributed by atoms with Crippen molar-refractivity contribution in [3.05, 3.63) is 60.7 Å². The Morgan fingerprint density at radius 1 is 0.909 bits per heavy atom. The van der Waals surface area contributed by atoms with E-state index >= 15 is 0 Å². The first-order valence-electron chi connectivity index (χ1n) is 11.3. The number of ether oxygens (including phenoxy) is 1. The van der Waals surface area contributed by atoms with Crippen LogP contribution in [-0.4, -0.2) is 43.7 Å². The molecule has 0 saturated heterocycles. The maximum absolute atomic E-state index is 12.5. The molecule has 0 aliphatic rings. The van der Waals surface area contributed by atoms with Crippen LogP contribution in [0.3, 0.4) is 0 Å². The maximum Gasteiger partial charge on any atom is 0.407 e. The number of amides is 1. The summed E-state index contributed by atoms with van der Waals surface area (Å²) < 4.78 is 12.3. The van der Waals surface area contributed by atoms with Gasteiger partial charge in [0.1, 0.15) is 5.60 Å². The summed E-state index contributed by atoms with van der Waals surface area (Å²) in [5.74, 6) is -0.920. The number of rotatable bonds is 9. The molecule has 2 aromatic rings. The Labute approximate surface area is 198 Å². The number of carboxylic acid groups (broad SMARTS) is 1. The van der Waals surface area contributed by atoms with Gasteiger partial charge in [0.25, 0.3) is 8.32 Å². The number of carbonyl (C=O) groups excluding carboxylic acids is 1. The third-order valence-corrected chi connectivity index (χ3v) is 10.4. The largest absolute Gasteiger partial charge is 0.481 e. The van der Waals surface area contributed by atoms with Gasteiger partial charge >= 0.3 is 12.1 Å². The van der Waals surface area contributed by atoms with Crippen molar-refractivity contribution in [3.8, 4) is 0 Å². The van der Waals surface area contributed by atoms with Crippen molar-refractivity contribution in [2.24, 2.45) is 0 Å². The van der Waals surface area contributed by atoms with E-state index in [0.717, 1.165) is 10.4 Å². The topological polar surface area (TPSA) is 84.9 Å². The molecule has 0 fully saturated rings. The van der Waals surface area contributed by atoms with Crippen LogP contribution in [0.4, 0.5) is 4.79 Å². The van der Waals surface area contributed by atoms with E-state index in [1.54, 1.807) is 20.8 Å². The van der Waals surface area contributed by atoms with Crippen molar-refractivity contribution in [1.29, 1.82) is 0 Å². The van der Waals surface area contributed by atoms with Crippen LogP contribution in [0.15, 0.2) is 60.7 Å². The van der Waals surface area contributed by atoms with Gasteiger partial charge in [0, 0.05) is 6.42 Å². The van der Waals surface area contributed by atoms with Gasteiger partial charge in [0.15, 0.2) is 0 Å². The Morgan fingerprint density at radius 2 is 1.39 bits per heavy atom. The minimum Gasteiger partial charge on any atom is -0.481 e. The van der Waals surface area contributed by atoms with Gasteiger partial charge in [0.2, 0.25) is 0 Å². The normalized spacial score (nSPS) is 13.3. The van der Waals surface area contributed by atoms with Gasteiger partial charge in [-0.25, -0.2) is 4.79 Å². The lowest BCUT2D eigenvalue weighted by atomic mass is 10.1. The van der Waals surface area contributed by atoms with E-state index in [1.165, 1.54) is 0 Å². The molecule has 0 aromatic heterocycles. The Kier molecular flexibility index (Phi) is 8.86. The highest BCUT2D eigenvalue weighted by Gasteiger charge is 2.50. The number of hydrogen-bond acceptors (Lipinski definition) is 4. The number of aliphatic carboxylic acids is 1. The summed E-state index contributed by atoms with van der Waals surface area (Å²) in [4.78, 5) is 23.7. The maximum atomic E-state index is 12.5. The van der Waals surface area contributed by atoms with E-state index in [-0.39, 0.29) is 24.5 Å². The number of carboxylic acids is 1. The highest BCUT2D eigenvalue weighted by atomic mass is 28.4. The van der Waals surface area contributed by atoms with E-state index in [4.69, 9.17) is 9.16 Å². The minimum absolute atomic E-state index is 0.0788. The van der Waals surface area contributed by atoms with E-state index in [2.05, 4.69) is 50.4 Å². The predicted octanol–water partition coefficient (Wildman–Crippen LogP) is 4.32. The molecule has 2 N–H and O–H groups in total. The first kappa shape index (κ1) is 26.6. The zero-order chi connectivity index (χ0) is 24.7. The minimum atomic E-state index is -2.81. The smallest absolute Gasteiger partial charge is 0.407 e. The average molecular weight is 472 g/mol. The molecule has 0 bridgehead atoms. The monoisotopic (exact) mass is 471 g/mol. The molecular weight excluding hydrogens is 434 g/mol. The average Bonchev–Trinajstić information content (AvgIpc) is 2.71. The van der Waals surface area contributed by atoms with E-state index < -0.39 is 32.0 Å². The Balaban J connectivity index is 2.42. The fourth-order valence-corrected chi connectivity index (χ4v) is 8.56. The number of alkyl carbamates (subject to hydrolysis) is 1. The summed E-state index contributed by atoms with van der Waals surface area (Å²) in [5, 5.41) is 14.1. The van der Waals surface area contributed by atoms with Crippen molar-refractivity contribution in [3.63, 3.8) is 0 Å². The van der Waals surface area contributed by atoms with Gasteiger partial charge < -0.3 is 19.6 Å². The third kappa shape index (κ3) is 7.44. The van der Waals surface area contributed by atoms with Gasteiger partial charge in [0.05, 0.1) is 12.6 Å². The fraction of sp³-hybridized carbons (Fsp3) is 0.462. The summed E-state index contributed by atoms with van der Waals surface area (Å²) >= 11 is 0. The van der Waals surface area contributed by atoms with Crippen LogP contribution in [0.25, 0.3) is 0 Å². The van der Waals surface area contributed by atoms with Crippen LogP contribution < -0.4 is 15.7 Å². The molecule has 0 heterocycles. The van der Waals surface area contributed by atoms with Crippen LogP contribution >= 0.6 is 0 Å².